The smallest absolute Gasteiger partial charge is 0.414 e. The maximum atomic E-state index is 13.2. The number of ether oxygens (including phenoxy) is 3. The van der Waals surface area contributed by atoms with Crippen LogP contribution >= 0.6 is 0 Å². The lowest BCUT2D eigenvalue weighted by Gasteiger charge is -2.38. The molecule has 3 rings (SSSR count). The summed E-state index contributed by atoms with van der Waals surface area (Å²) in [6.07, 6.45) is 1.86. The van der Waals surface area contributed by atoms with Crippen LogP contribution in [0.1, 0.15) is 57.2 Å². The van der Waals surface area contributed by atoms with E-state index in [0.717, 1.165) is 36.1 Å². The van der Waals surface area contributed by atoms with Crippen LogP contribution in [0.4, 0.5) is 10.5 Å². The fourth-order valence-corrected chi connectivity index (χ4v) is 5.69. The largest absolute Gasteiger partial charge is 0.598 e. The Bertz CT molecular complexity index is 786. The van der Waals surface area contributed by atoms with Crippen LogP contribution in [0.3, 0.4) is 0 Å². The second kappa shape index (κ2) is 9.89. The van der Waals surface area contributed by atoms with Gasteiger partial charge in [-0.2, -0.15) is 0 Å². The second-order valence-corrected chi connectivity index (χ2v) is 11.8. The molecule has 2 aliphatic rings. The Morgan fingerprint density at radius 2 is 1.75 bits per heavy atom. The molecule has 7 nitrogen and oxygen atoms in total. The summed E-state index contributed by atoms with van der Waals surface area (Å²) in [5.74, 6) is -0.451. The van der Waals surface area contributed by atoms with Gasteiger partial charge in [0, 0.05) is 56.4 Å². The van der Waals surface area contributed by atoms with Gasteiger partial charge in [-0.1, -0.05) is 0 Å². The van der Waals surface area contributed by atoms with Gasteiger partial charge in [0.05, 0.1) is 13.2 Å². The number of rotatable bonds is 5. The predicted molar refractivity (Wildman–Crippen MR) is 127 cm³/mol. The van der Waals surface area contributed by atoms with Gasteiger partial charge in [0.2, 0.25) is 0 Å². The van der Waals surface area contributed by atoms with Gasteiger partial charge >= 0.3 is 6.09 Å². The van der Waals surface area contributed by atoms with Crippen molar-refractivity contribution in [2.45, 2.75) is 77.4 Å². The number of anilines is 1. The zero-order valence-electron chi connectivity index (χ0n) is 20.5. The lowest BCUT2D eigenvalue weighted by Crippen LogP contribution is -2.49. The topological polar surface area (TPSA) is 74.3 Å². The number of hydrogen-bond acceptors (Lipinski definition) is 6. The van der Waals surface area contributed by atoms with E-state index in [9.17, 15) is 9.35 Å². The van der Waals surface area contributed by atoms with Crippen LogP contribution in [0, 0.1) is 13.8 Å². The van der Waals surface area contributed by atoms with Gasteiger partial charge in [-0.3, -0.25) is 4.90 Å². The number of hydrogen-bond donors (Lipinski definition) is 0. The lowest BCUT2D eigenvalue weighted by atomic mass is 9.97. The second-order valence-electron chi connectivity index (χ2n) is 9.93. The van der Waals surface area contributed by atoms with Crippen LogP contribution in [0.15, 0.2) is 12.1 Å². The van der Waals surface area contributed by atoms with Gasteiger partial charge < -0.3 is 18.8 Å². The first-order chi connectivity index (χ1) is 14.9. The van der Waals surface area contributed by atoms with Gasteiger partial charge in [-0.05, 0) is 70.4 Å². The number of benzene rings is 1. The molecule has 1 aromatic rings. The SMILES string of the molecule is Cc1cc(N(C)C(=O)OC(C)(C)C)cc(C)c1CC(C)[S+]([O-])N1CCC2(CC1)OCCO2. The molecule has 2 atom stereocenters. The molecule has 0 bridgehead atoms. The average molecular weight is 467 g/mol. The number of amides is 1. The number of carbonyl (C=O) groups is 1. The molecule has 180 valence electrons. The highest BCUT2D eigenvalue weighted by molar-refractivity contribution is 7.89. The highest BCUT2D eigenvalue weighted by Crippen LogP contribution is 2.33. The van der Waals surface area contributed by atoms with Crippen molar-refractivity contribution in [1.82, 2.24) is 4.31 Å². The Kier molecular flexibility index (Phi) is 7.82. The molecule has 32 heavy (non-hydrogen) atoms. The van der Waals surface area contributed by atoms with Crippen molar-refractivity contribution >= 4 is 23.1 Å². The van der Waals surface area contributed by atoms with E-state index in [1.807, 2.05) is 53.7 Å². The van der Waals surface area contributed by atoms with Crippen molar-refractivity contribution in [1.29, 1.82) is 0 Å². The molecule has 2 aliphatic heterocycles. The third-order valence-electron chi connectivity index (χ3n) is 6.12. The molecule has 0 aromatic heterocycles. The summed E-state index contributed by atoms with van der Waals surface area (Å²) in [6, 6.07) is 4.00. The Balaban J connectivity index is 1.63. The van der Waals surface area contributed by atoms with Gasteiger partial charge in [0.1, 0.15) is 10.9 Å². The molecular formula is C24H38N2O5S. The van der Waals surface area contributed by atoms with Crippen molar-refractivity contribution in [2.24, 2.45) is 0 Å². The van der Waals surface area contributed by atoms with Crippen LogP contribution in [0.25, 0.3) is 0 Å². The Morgan fingerprint density at radius 1 is 1.22 bits per heavy atom. The van der Waals surface area contributed by atoms with E-state index in [1.165, 1.54) is 10.5 Å². The number of nitrogens with zero attached hydrogens (tertiary/aromatic N) is 2. The van der Waals surface area contributed by atoms with Crippen LogP contribution in [-0.2, 0) is 32.0 Å². The number of aryl methyl sites for hydroxylation is 2. The van der Waals surface area contributed by atoms with E-state index in [2.05, 4.69) is 4.31 Å². The van der Waals surface area contributed by atoms with Crippen molar-refractivity contribution in [3.63, 3.8) is 0 Å². The molecule has 2 heterocycles. The summed E-state index contributed by atoms with van der Waals surface area (Å²) in [5, 5.41) is -0.0127. The van der Waals surface area contributed by atoms with Crippen molar-refractivity contribution in [3.05, 3.63) is 28.8 Å². The van der Waals surface area contributed by atoms with Gasteiger partial charge in [-0.25, -0.2) is 4.79 Å². The minimum Gasteiger partial charge on any atom is -0.598 e. The normalized spacial score (nSPS) is 20.9. The van der Waals surface area contributed by atoms with Crippen molar-refractivity contribution in [3.8, 4) is 0 Å². The zero-order chi connectivity index (χ0) is 23.7. The van der Waals surface area contributed by atoms with Gasteiger partial charge in [-0.15, -0.1) is 4.31 Å². The van der Waals surface area contributed by atoms with E-state index in [4.69, 9.17) is 14.2 Å². The molecule has 0 aliphatic carbocycles. The summed E-state index contributed by atoms with van der Waals surface area (Å²) in [6.45, 7) is 14.4. The number of piperidine rings is 1. The monoisotopic (exact) mass is 466 g/mol. The minimum atomic E-state index is -1.08. The van der Waals surface area contributed by atoms with Crippen LogP contribution in [-0.4, -0.2) is 64.9 Å². The molecule has 1 spiro atoms. The van der Waals surface area contributed by atoms with Crippen molar-refractivity contribution in [2.75, 3.05) is 38.3 Å². The quantitative estimate of drug-likeness (QED) is 0.608. The number of carbonyl (C=O) groups excluding carboxylic acids is 1. The molecule has 0 N–H and O–H groups in total. The van der Waals surface area contributed by atoms with E-state index >= 15 is 0 Å². The van der Waals surface area contributed by atoms with Gasteiger partial charge in [0.25, 0.3) is 0 Å². The molecule has 8 heteroatoms. The van der Waals surface area contributed by atoms with E-state index in [0.29, 0.717) is 26.3 Å². The third kappa shape index (κ3) is 5.97. The Morgan fingerprint density at radius 3 is 2.25 bits per heavy atom. The predicted octanol–water partition coefficient (Wildman–Crippen LogP) is 4.11. The minimum absolute atomic E-state index is 0.0127. The van der Waals surface area contributed by atoms with Crippen LogP contribution in [0.5, 0.6) is 0 Å². The van der Waals surface area contributed by atoms with Crippen LogP contribution in [0.2, 0.25) is 0 Å². The highest BCUT2D eigenvalue weighted by atomic mass is 32.2. The molecular weight excluding hydrogens is 428 g/mol. The maximum Gasteiger partial charge on any atom is 0.414 e. The summed E-state index contributed by atoms with van der Waals surface area (Å²) < 4.78 is 32.3. The van der Waals surface area contributed by atoms with E-state index in [1.54, 1.807) is 7.05 Å². The molecule has 0 radical (unpaired) electrons. The van der Waals surface area contributed by atoms with E-state index in [-0.39, 0.29) is 11.3 Å². The van der Waals surface area contributed by atoms with E-state index < -0.39 is 22.8 Å². The molecule has 2 unspecified atom stereocenters. The zero-order valence-corrected chi connectivity index (χ0v) is 21.3. The highest BCUT2D eigenvalue weighted by Gasteiger charge is 2.43. The standard InChI is InChI=1S/C24H38N2O5S/c1-17-14-20(25(7)22(27)31-23(4,5)6)15-18(2)21(17)16-19(3)32(28)26-10-8-24(9-11-26)29-12-13-30-24/h14-15,19H,8-13,16H2,1-7H3. The molecule has 2 saturated heterocycles. The summed E-state index contributed by atoms with van der Waals surface area (Å²) >= 11 is -1.08. The van der Waals surface area contributed by atoms with Crippen LogP contribution < -0.4 is 4.90 Å². The van der Waals surface area contributed by atoms with Gasteiger partial charge in [0.15, 0.2) is 5.79 Å². The first kappa shape index (κ1) is 25.3. The summed E-state index contributed by atoms with van der Waals surface area (Å²) in [5.41, 5.74) is 3.61. The third-order valence-corrected chi connectivity index (χ3v) is 7.85. The summed E-state index contributed by atoms with van der Waals surface area (Å²) in [7, 11) is 1.72. The maximum absolute atomic E-state index is 13.2. The summed E-state index contributed by atoms with van der Waals surface area (Å²) in [4.78, 5) is 14.0. The first-order valence-electron chi connectivity index (χ1n) is 11.4. The Hall–Kier alpha value is -1.32. The molecule has 1 amide bonds. The van der Waals surface area contributed by atoms with Crippen molar-refractivity contribution < 1.29 is 23.6 Å². The lowest BCUT2D eigenvalue weighted by molar-refractivity contribution is -0.179. The Labute approximate surface area is 195 Å². The fraction of sp³-hybridized carbons (Fsp3) is 0.708. The average Bonchev–Trinajstić information content (AvgIpc) is 3.16. The first-order valence-corrected chi connectivity index (χ1v) is 12.6. The molecule has 1 aromatic carbocycles. The fourth-order valence-electron chi connectivity index (χ4n) is 4.33. The molecule has 2 fully saturated rings. The molecule has 0 saturated carbocycles.